The molecule has 8 nitrogen and oxygen atoms in total. The summed E-state index contributed by atoms with van der Waals surface area (Å²) in [4.78, 5) is 31.4. The van der Waals surface area contributed by atoms with Crippen molar-refractivity contribution in [2.75, 3.05) is 22.8 Å². The molecule has 0 fully saturated rings. The van der Waals surface area contributed by atoms with Crippen LogP contribution in [0.25, 0.3) is 20.8 Å². The van der Waals surface area contributed by atoms with Crippen LogP contribution in [0.2, 0.25) is 0 Å². The number of para-hydroxylation sites is 2. The second-order valence-corrected chi connectivity index (χ2v) is 13.7. The van der Waals surface area contributed by atoms with Gasteiger partial charge in [-0.15, -0.1) is 22.7 Å². The van der Waals surface area contributed by atoms with Gasteiger partial charge in [0.1, 0.15) is 14.9 Å². The molecule has 0 aliphatic carbocycles. The number of fused-ring (bicyclic) bond motifs is 2. The van der Waals surface area contributed by atoms with Crippen LogP contribution < -0.4 is 9.62 Å². The lowest BCUT2D eigenvalue weighted by molar-refractivity contribution is 0.0531. The highest BCUT2D eigenvalue weighted by Gasteiger charge is 2.29. The number of thiophene rings is 1. The van der Waals surface area contributed by atoms with E-state index in [0.29, 0.717) is 38.2 Å². The number of rotatable bonds is 7. The fourth-order valence-corrected chi connectivity index (χ4v) is 8.84. The lowest BCUT2D eigenvalue weighted by atomic mass is 10.0. The zero-order chi connectivity index (χ0) is 29.4. The fraction of sp³-hybridized carbons (Fsp3) is 0.194. The molecule has 0 unspecified atom stereocenters. The van der Waals surface area contributed by atoms with Gasteiger partial charge in [-0.2, -0.15) is 0 Å². The molecule has 0 radical (unpaired) electrons. The van der Waals surface area contributed by atoms with Crippen molar-refractivity contribution in [2.24, 2.45) is 0 Å². The highest BCUT2D eigenvalue weighted by atomic mass is 32.2. The molecule has 11 heteroatoms. The number of nitrogens with zero attached hydrogens (tertiary/aromatic N) is 2. The largest absolute Gasteiger partial charge is 0.462 e. The lowest BCUT2D eigenvalue weighted by Crippen LogP contribution is -2.35. The van der Waals surface area contributed by atoms with Crippen LogP contribution in [-0.2, 0) is 21.2 Å². The second kappa shape index (κ2) is 11.3. The predicted octanol–water partition coefficient (Wildman–Crippen LogP) is 6.90. The molecule has 1 amide bonds. The molecule has 0 spiro atoms. The van der Waals surface area contributed by atoms with Crippen molar-refractivity contribution in [3.63, 3.8) is 0 Å². The molecule has 1 aliphatic heterocycles. The number of sulfonamides is 1. The maximum Gasteiger partial charge on any atom is 0.348 e. The van der Waals surface area contributed by atoms with E-state index in [1.54, 1.807) is 6.92 Å². The zero-order valence-corrected chi connectivity index (χ0v) is 25.4. The van der Waals surface area contributed by atoms with Crippen molar-refractivity contribution in [1.29, 1.82) is 0 Å². The molecule has 5 aromatic rings. The molecule has 1 aliphatic rings. The number of aryl methyl sites for hydroxylation is 1. The summed E-state index contributed by atoms with van der Waals surface area (Å²) in [5, 5.41) is 4.09. The minimum atomic E-state index is -3.80. The first-order valence-corrected chi connectivity index (χ1v) is 16.5. The summed E-state index contributed by atoms with van der Waals surface area (Å²) in [6.07, 6.45) is 1.57. The maximum atomic E-state index is 13.5. The lowest BCUT2D eigenvalue weighted by Gasteiger charge is -2.30. The van der Waals surface area contributed by atoms with E-state index in [2.05, 4.69) is 5.32 Å². The molecule has 0 saturated carbocycles. The summed E-state index contributed by atoms with van der Waals surface area (Å²) in [5.41, 5.74) is 4.15. The van der Waals surface area contributed by atoms with Crippen molar-refractivity contribution in [3.8, 4) is 10.6 Å². The number of hydrogen-bond acceptors (Lipinski definition) is 8. The number of thiazole rings is 1. The molecule has 42 heavy (non-hydrogen) atoms. The van der Waals surface area contributed by atoms with Crippen LogP contribution >= 0.6 is 22.7 Å². The number of anilines is 2. The van der Waals surface area contributed by atoms with Gasteiger partial charge in [-0.3, -0.25) is 9.10 Å². The molecular weight excluding hydrogens is 591 g/mol. The molecule has 6 rings (SSSR count). The van der Waals surface area contributed by atoms with Crippen LogP contribution in [0.5, 0.6) is 0 Å². The normalized spacial score (nSPS) is 13.1. The molecule has 0 bridgehead atoms. The quantitative estimate of drug-likeness (QED) is 0.199. The first-order valence-electron chi connectivity index (χ1n) is 13.5. The van der Waals surface area contributed by atoms with E-state index in [-0.39, 0.29) is 17.1 Å². The monoisotopic (exact) mass is 617 g/mol. The Bertz CT molecular complexity index is 1890. The van der Waals surface area contributed by atoms with Gasteiger partial charge in [0.15, 0.2) is 0 Å². The summed E-state index contributed by atoms with van der Waals surface area (Å²) in [6.45, 7) is 4.19. The number of benzene rings is 3. The molecule has 0 saturated heterocycles. The van der Waals surface area contributed by atoms with Crippen LogP contribution in [0, 0.1) is 6.92 Å². The van der Waals surface area contributed by atoms with Crippen molar-refractivity contribution in [2.45, 2.75) is 31.6 Å². The Balaban J connectivity index is 1.30. The van der Waals surface area contributed by atoms with E-state index in [4.69, 9.17) is 9.72 Å². The Morgan fingerprint density at radius 3 is 2.50 bits per heavy atom. The summed E-state index contributed by atoms with van der Waals surface area (Å²) < 4.78 is 34.8. The van der Waals surface area contributed by atoms with E-state index in [0.717, 1.165) is 40.0 Å². The van der Waals surface area contributed by atoms with Crippen molar-refractivity contribution >= 4 is 65.5 Å². The highest BCUT2D eigenvalue weighted by Crippen LogP contribution is 2.44. The van der Waals surface area contributed by atoms with E-state index in [1.807, 2.05) is 55.5 Å². The van der Waals surface area contributed by atoms with Gasteiger partial charge in [0.25, 0.3) is 15.9 Å². The Morgan fingerprint density at radius 1 is 1.00 bits per heavy atom. The van der Waals surface area contributed by atoms with Gasteiger partial charge in [0.2, 0.25) is 0 Å². The SMILES string of the molecule is CCOC(=O)c1sc(NC(=O)c2ccc(S(=O)(=O)N3CCCc4ccccc43)cc2)c(-c2nc3ccccc3s2)c1C. The van der Waals surface area contributed by atoms with Gasteiger partial charge < -0.3 is 10.1 Å². The second-order valence-electron chi connectivity index (χ2n) is 9.76. The van der Waals surface area contributed by atoms with Crippen LogP contribution in [0.4, 0.5) is 10.7 Å². The number of esters is 1. The molecule has 214 valence electrons. The van der Waals surface area contributed by atoms with Crippen molar-refractivity contribution in [3.05, 3.63) is 94.4 Å². The smallest absolute Gasteiger partial charge is 0.348 e. The van der Waals surface area contributed by atoms with Gasteiger partial charge in [-0.05, 0) is 80.3 Å². The number of hydrogen-bond donors (Lipinski definition) is 1. The summed E-state index contributed by atoms with van der Waals surface area (Å²) in [6, 6.07) is 21.2. The third-order valence-electron chi connectivity index (χ3n) is 7.11. The summed E-state index contributed by atoms with van der Waals surface area (Å²) in [7, 11) is -3.80. The number of aromatic nitrogens is 1. The average Bonchev–Trinajstić information content (AvgIpc) is 3.57. The van der Waals surface area contributed by atoms with Crippen LogP contribution in [-0.4, -0.2) is 38.4 Å². The van der Waals surface area contributed by atoms with E-state index >= 15 is 0 Å². The summed E-state index contributed by atoms with van der Waals surface area (Å²) >= 11 is 2.61. The van der Waals surface area contributed by atoms with Gasteiger partial charge in [0.05, 0.1) is 27.4 Å². The number of nitrogens with one attached hydrogen (secondary N) is 1. The molecule has 0 atom stereocenters. The van der Waals surface area contributed by atoms with E-state index < -0.39 is 21.9 Å². The van der Waals surface area contributed by atoms with Crippen LogP contribution in [0.3, 0.4) is 0 Å². The maximum absolute atomic E-state index is 13.5. The Labute approximate surface area is 251 Å². The first-order chi connectivity index (χ1) is 20.3. The molecule has 1 N–H and O–H groups in total. The molecule has 3 heterocycles. The van der Waals surface area contributed by atoms with E-state index in [1.165, 1.54) is 39.9 Å². The Morgan fingerprint density at radius 2 is 1.74 bits per heavy atom. The Kier molecular flexibility index (Phi) is 7.56. The van der Waals surface area contributed by atoms with Crippen LogP contribution in [0.1, 0.15) is 44.5 Å². The Hall–Kier alpha value is -4.06. The van der Waals surface area contributed by atoms with Gasteiger partial charge in [0, 0.05) is 17.7 Å². The number of carbonyl (C=O) groups is 2. The third kappa shape index (κ3) is 5.08. The summed E-state index contributed by atoms with van der Waals surface area (Å²) in [5.74, 6) is -0.891. The third-order valence-corrected chi connectivity index (χ3v) is 11.2. The van der Waals surface area contributed by atoms with Crippen molar-refractivity contribution < 1.29 is 22.7 Å². The molecular formula is C31H27N3O5S3. The van der Waals surface area contributed by atoms with Crippen molar-refractivity contribution in [1.82, 2.24) is 4.98 Å². The number of ether oxygens (including phenoxy) is 1. The zero-order valence-electron chi connectivity index (χ0n) is 22.9. The number of amides is 1. The van der Waals surface area contributed by atoms with Crippen LogP contribution in [0.15, 0.2) is 77.7 Å². The minimum Gasteiger partial charge on any atom is -0.462 e. The van der Waals surface area contributed by atoms with Gasteiger partial charge in [-0.1, -0.05) is 30.3 Å². The van der Waals surface area contributed by atoms with Gasteiger partial charge >= 0.3 is 5.97 Å². The predicted molar refractivity (Wildman–Crippen MR) is 167 cm³/mol. The average molecular weight is 618 g/mol. The topological polar surface area (TPSA) is 106 Å². The van der Waals surface area contributed by atoms with E-state index in [9.17, 15) is 18.0 Å². The fourth-order valence-electron chi connectivity index (χ4n) is 5.06. The van der Waals surface area contributed by atoms with Gasteiger partial charge in [-0.25, -0.2) is 18.2 Å². The minimum absolute atomic E-state index is 0.113. The standard InChI is InChI=1S/C31H27N3O5S3/c1-3-39-31(36)27-19(2)26(29-32-23-11-5-7-13-25(23)40-29)30(41-27)33-28(35)21-14-16-22(17-15-21)42(37,38)34-18-8-10-20-9-4-6-12-24(20)34/h4-7,9,11-17H,3,8,10,18H2,1-2H3,(H,33,35). The number of carbonyl (C=O) groups excluding carboxylic acids is 2. The highest BCUT2D eigenvalue weighted by molar-refractivity contribution is 7.92. The molecule has 2 aromatic heterocycles. The first kappa shape index (κ1) is 28.1. The molecule has 3 aromatic carbocycles.